The highest BCUT2D eigenvalue weighted by Crippen LogP contribution is 2.13. The van der Waals surface area contributed by atoms with Crippen molar-refractivity contribution in [2.75, 3.05) is 13.2 Å². The van der Waals surface area contributed by atoms with E-state index in [1.54, 1.807) is 12.4 Å². The van der Waals surface area contributed by atoms with Gasteiger partial charge in [0.25, 0.3) is 0 Å². The van der Waals surface area contributed by atoms with E-state index in [-0.39, 0.29) is 6.04 Å². The summed E-state index contributed by atoms with van der Waals surface area (Å²) in [6.45, 7) is 5.25. The minimum absolute atomic E-state index is 0.0614. The van der Waals surface area contributed by atoms with Crippen LogP contribution in [0.4, 0.5) is 0 Å². The molecule has 3 heteroatoms. The first-order chi connectivity index (χ1) is 6.25. The van der Waals surface area contributed by atoms with E-state index in [4.69, 9.17) is 10.5 Å². The van der Waals surface area contributed by atoms with Crippen molar-refractivity contribution in [2.24, 2.45) is 5.73 Å². The number of ether oxygens (including phenoxy) is 1. The molecule has 1 aromatic rings. The molecule has 1 unspecified atom stereocenters. The van der Waals surface area contributed by atoms with Crippen molar-refractivity contribution in [3.05, 3.63) is 29.6 Å². The Balaban J connectivity index is 2.65. The van der Waals surface area contributed by atoms with E-state index in [1.165, 1.54) is 5.56 Å². The van der Waals surface area contributed by atoms with Gasteiger partial charge < -0.3 is 10.5 Å². The lowest BCUT2D eigenvalue weighted by Crippen LogP contribution is -2.18. The Kier molecular flexibility index (Phi) is 3.86. The molecule has 1 heterocycles. The van der Waals surface area contributed by atoms with Crippen LogP contribution in [0.1, 0.15) is 24.1 Å². The molecule has 0 amide bonds. The predicted molar refractivity (Wildman–Crippen MR) is 52.4 cm³/mol. The molecule has 72 valence electrons. The Morgan fingerprint density at radius 1 is 1.62 bits per heavy atom. The Morgan fingerprint density at radius 3 is 3.00 bits per heavy atom. The summed E-state index contributed by atoms with van der Waals surface area (Å²) in [6, 6.07) is 1.90. The van der Waals surface area contributed by atoms with E-state index < -0.39 is 0 Å². The van der Waals surface area contributed by atoms with Crippen LogP contribution in [-0.2, 0) is 4.74 Å². The van der Waals surface area contributed by atoms with Gasteiger partial charge in [-0.25, -0.2) is 0 Å². The van der Waals surface area contributed by atoms with E-state index in [9.17, 15) is 0 Å². The largest absolute Gasteiger partial charge is 0.380 e. The third kappa shape index (κ3) is 2.79. The highest BCUT2D eigenvalue weighted by Gasteiger charge is 2.07. The highest BCUT2D eigenvalue weighted by molar-refractivity contribution is 5.24. The van der Waals surface area contributed by atoms with Crippen LogP contribution in [0.3, 0.4) is 0 Å². The monoisotopic (exact) mass is 180 g/mol. The molecule has 0 bridgehead atoms. The van der Waals surface area contributed by atoms with E-state index in [2.05, 4.69) is 4.98 Å². The minimum Gasteiger partial charge on any atom is -0.380 e. The molecular weight excluding hydrogens is 164 g/mol. The Hall–Kier alpha value is -0.930. The molecule has 0 radical (unpaired) electrons. The molecule has 0 fully saturated rings. The van der Waals surface area contributed by atoms with Crippen LogP contribution in [0.2, 0.25) is 0 Å². The first-order valence-corrected chi connectivity index (χ1v) is 4.49. The average Bonchev–Trinajstić information content (AvgIpc) is 2.15. The summed E-state index contributed by atoms with van der Waals surface area (Å²) in [6.07, 6.45) is 3.57. The summed E-state index contributed by atoms with van der Waals surface area (Å²) in [5, 5.41) is 0. The zero-order valence-corrected chi connectivity index (χ0v) is 8.16. The van der Waals surface area contributed by atoms with Gasteiger partial charge in [-0.15, -0.1) is 0 Å². The molecule has 0 saturated heterocycles. The molecule has 0 saturated carbocycles. The van der Waals surface area contributed by atoms with Crippen LogP contribution < -0.4 is 5.73 Å². The number of nitrogens with zero attached hydrogens (tertiary/aromatic N) is 1. The molecule has 0 aliphatic heterocycles. The average molecular weight is 180 g/mol. The lowest BCUT2D eigenvalue weighted by Gasteiger charge is -2.13. The Bertz CT molecular complexity index is 263. The van der Waals surface area contributed by atoms with E-state index in [1.807, 2.05) is 19.9 Å². The van der Waals surface area contributed by atoms with E-state index in [0.717, 1.165) is 5.56 Å². The summed E-state index contributed by atoms with van der Waals surface area (Å²) in [7, 11) is 0. The van der Waals surface area contributed by atoms with Crippen molar-refractivity contribution in [1.82, 2.24) is 4.98 Å². The topological polar surface area (TPSA) is 48.1 Å². The maximum absolute atomic E-state index is 5.92. The van der Waals surface area contributed by atoms with Gasteiger partial charge in [0, 0.05) is 19.0 Å². The Labute approximate surface area is 78.9 Å². The highest BCUT2D eigenvalue weighted by atomic mass is 16.5. The van der Waals surface area contributed by atoms with Crippen LogP contribution in [0.15, 0.2) is 18.5 Å². The predicted octanol–water partition coefficient (Wildman–Crippen LogP) is 1.43. The molecule has 1 rings (SSSR count). The number of nitrogens with two attached hydrogens (primary N) is 1. The van der Waals surface area contributed by atoms with Crippen molar-refractivity contribution in [1.29, 1.82) is 0 Å². The maximum Gasteiger partial charge on any atom is 0.0659 e. The zero-order valence-electron chi connectivity index (χ0n) is 8.16. The van der Waals surface area contributed by atoms with Gasteiger partial charge >= 0.3 is 0 Å². The number of hydrogen-bond acceptors (Lipinski definition) is 3. The van der Waals surface area contributed by atoms with Gasteiger partial charge in [-0.1, -0.05) is 0 Å². The van der Waals surface area contributed by atoms with Crippen molar-refractivity contribution in [2.45, 2.75) is 19.9 Å². The third-order valence-corrected chi connectivity index (χ3v) is 1.98. The second kappa shape index (κ2) is 4.94. The second-order valence-electron chi connectivity index (χ2n) is 3.00. The standard InChI is InChI=1S/C10H16N2O/c1-3-13-7-10(11)9-6-12-5-4-8(9)2/h4-6,10H,3,7,11H2,1-2H3. The van der Waals surface area contributed by atoms with Crippen molar-refractivity contribution in [3.63, 3.8) is 0 Å². The van der Waals surface area contributed by atoms with Gasteiger partial charge in [0.2, 0.25) is 0 Å². The fraction of sp³-hybridized carbons (Fsp3) is 0.500. The summed E-state index contributed by atoms with van der Waals surface area (Å²) in [5.41, 5.74) is 8.15. The molecule has 1 aromatic heterocycles. The van der Waals surface area contributed by atoms with Gasteiger partial charge in [-0.2, -0.15) is 0 Å². The molecule has 0 spiro atoms. The normalized spacial score (nSPS) is 12.8. The lowest BCUT2D eigenvalue weighted by molar-refractivity contribution is 0.133. The van der Waals surface area contributed by atoms with Crippen molar-refractivity contribution in [3.8, 4) is 0 Å². The van der Waals surface area contributed by atoms with Gasteiger partial charge in [0.15, 0.2) is 0 Å². The Morgan fingerprint density at radius 2 is 2.38 bits per heavy atom. The van der Waals surface area contributed by atoms with Gasteiger partial charge in [0.05, 0.1) is 12.6 Å². The van der Waals surface area contributed by atoms with Crippen molar-refractivity contribution >= 4 is 0 Å². The zero-order chi connectivity index (χ0) is 9.68. The molecule has 13 heavy (non-hydrogen) atoms. The SMILES string of the molecule is CCOCC(N)c1cnccc1C. The molecule has 0 aliphatic rings. The smallest absolute Gasteiger partial charge is 0.0659 e. The first-order valence-electron chi connectivity index (χ1n) is 4.49. The number of aryl methyl sites for hydroxylation is 1. The van der Waals surface area contributed by atoms with E-state index >= 15 is 0 Å². The summed E-state index contributed by atoms with van der Waals surface area (Å²) < 4.78 is 5.25. The van der Waals surface area contributed by atoms with Gasteiger partial charge in [-0.3, -0.25) is 4.98 Å². The van der Waals surface area contributed by atoms with Crippen LogP contribution in [0.25, 0.3) is 0 Å². The van der Waals surface area contributed by atoms with E-state index in [0.29, 0.717) is 13.2 Å². The van der Waals surface area contributed by atoms with Crippen LogP contribution >= 0.6 is 0 Å². The first kappa shape index (κ1) is 10.2. The van der Waals surface area contributed by atoms with Crippen LogP contribution in [0.5, 0.6) is 0 Å². The fourth-order valence-electron chi connectivity index (χ4n) is 1.20. The fourth-order valence-corrected chi connectivity index (χ4v) is 1.20. The number of rotatable bonds is 4. The molecule has 0 aliphatic carbocycles. The molecule has 0 aromatic carbocycles. The third-order valence-electron chi connectivity index (χ3n) is 1.98. The van der Waals surface area contributed by atoms with Gasteiger partial charge in [0.1, 0.15) is 0 Å². The lowest BCUT2D eigenvalue weighted by atomic mass is 10.1. The van der Waals surface area contributed by atoms with Crippen LogP contribution in [-0.4, -0.2) is 18.2 Å². The van der Waals surface area contributed by atoms with Crippen molar-refractivity contribution < 1.29 is 4.74 Å². The number of pyridine rings is 1. The molecular formula is C10H16N2O. The second-order valence-corrected chi connectivity index (χ2v) is 3.00. The maximum atomic E-state index is 5.92. The number of aromatic nitrogens is 1. The molecule has 3 nitrogen and oxygen atoms in total. The molecule has 2 N–H and O–H groups in total. The summed E-state index contributed by atoms with van der Waals surface area (Å²) in [4.78, 5) is 4.04. The summed E-state index contributed by atoms with van der Waals surface area (Å²) in [5.74, 6) is 0. The number of hydrogen-bond donors (Lipinski definition) is 1. The minimum atomic E-state index is -0.0614. The van der Waals surface area contributed by atoms with Crippen LogP contribution in [0, 0.1) is 6.92 Å². The molecule has 1 atom stereocenters. The van der Waals surface area contributed by atoms with Gasteiger partial charge in [-0.05, 0) is 31.0 Å². The quantitative estimate of drug-likeness (QED) is 0.762. The summed E-state index contributed by atoms with van der Waals surface area (Å²) >= 11 is 0.